The molecule has 5 saturated carbocycles. The largest absolute Gasteiger partial charge is 1.00 e. The van der Waals surface area contributed by atoms with Crippen LogP contribution in [0, 0.1) is 52.3 Å². The molecular formula is C45H61BrN2O7. The molecule has 1 aromatic rings. The second-order valence-corrected chi connectivity index (χ2v) is 20.7. The minimum atomic E-state index is -0.739. The number of piperidine rings is 4. The molecule has 9 nitrogen and oxygen atoms in total. The van der Waals surface area contributed by atoms with Crippen LogP contribution in [-0.2, 0) is 24.5 Å². The number of hydrogen-bond donors (Lipinski definition) is 3. The number of benzene rings is 1. The first-order valence-electron chi connectivity index (χ1n) is 21.7. The maximum Gasteiger partial charge on any atom is 0.362 e. The summed E-state index contributed by atoms with van der Waals surface area (Å²) >= 11 is 0. The van der Waals surface area contributed by atoms with Gasteiger partial charge in [-0.2, -0.15) is 0 Å². The lowest BCUT2D eigenvalue weighted by Gasteiger charge is -2.67. The number of cyclic esters (lactones) is 1. The maximum absolute atomic E-state index is 14.5. The molecule has 55 heavy (non-hydrogen) atoms. The van der Waals surface area contributed by atoms with Crippen LogP contribution in [0.15, 0.2) is 35.9 Å². The number of nitrogens with zero attached hydrogens (tertiary/aromatic N) is 2. The molecule has 0 aromatic heterocycles. The predicted octanol–water partition coefficient (Wildman–Crippen LogP) is 2.24. The van der Waals surface area contributed by atoms with Gasteiger partial charge < -0.3 is 46.7 Å². The van der Waals surface area contributed by atoms with Gasteiger partial charge in [-0.1, -0.05) is 39.0 Å². The van der Waals surface area contributed by atoms with Gasteiger partial charge in [-0.05, 0) is 116 Å². The molecule has 6 aliphatic heterocycles. The van der Waals surface area contributed by atoms with E-state index in [2.05, 4.69) is 57.0 Å². The van der Waals surface area contributed by atoms with Crippen LogP contribution in [0.2, 0.25) is 0 Å². The first-order valence-corrected chi connectivity index (χ1v) is 21.7. The van der Waals surface area contributed by atoms with Crippen LogP contribution < -0.4 is 21.9 Å². The number of likely N-dealkylation sites (N-methyl/N-ethyl adjacent to an activating group) is 1. The van der Waals surface area contributed by atoms with Gasteiger partial charge in [-0.15, -0.1) is 0 Å². The SMILES string of the molecule is CCC1[C@@H]2CC3C4N(C)c5ccccc5C45C[C@@H](C2[C@@H]5O)[N+]3(CC(=O)OC2CC[C@@]3(C)C(CCC4C3CC[C@]3(C)C(C5=CC(=O)OC5)CCC43O)C2)[C@@H]1O.[Br-]. The fourth-order valence-electron chi connectivity index (χ4n) is 17.6. The summed E-state index contributed by atoms with van der Waals surface area (Å²) in [7, 11) is 2.17. The predicted molar refractivity (Wildman–Crippen MR) is 201 cm³/mol. The zero-order valence-electron chi connectivity index (χ0n) is 33.0. The van der Waals surface area contributed by atoms with Crippen molar-refractivity contribution < 1.29 is 55.8 Å². The molecule has 6 heterocycles. The summed E-state index contributed by atoms with van der Waals surface area (Å²) in [6.07, 6.45) is 11.5. The summed E-state index contributed by atoms with van der Waals surface area (Å²) in [6, 6.07) is 8.74. The first kappa shape index (κ1) is 37.3. The van der Waals surface area contributed by atoms with E-state index >= 15 is 0 Å². The second-order valence-electron chi connectivity index (χ2n) is 20.7. The molecule has 18 atom stereocenters. The average Bonchev–Trinajstić information content (AvgIpc) is 3.83. The highest BCUT2D eigenvalue weighted by Gasteiger charge is 2.83. The Bertz CT molecular complexity index is 1840. The standard InChI is InChI=1S/C45H61N2O7.BrH/c1-5-27-28-20-34-39-44(32-8-6-7-9-33(32)46(39)4)21-35(38(28)40(44)50)47(34,41(27)51)22-37(49)54-26-12-15-42(2)25(19-26)10-11-31-30(42)13-16-43(3)29(14-17-45(31,43)52)24-18-36(48)53-23-24;/h6-9,18,25-31,34-35,38-41,50-52H,5,10-17,19-23H2,1-4H3;1H/q+1;/p-1/t25?,26?,27?,28-,29?,30?,31?,34?,35-,38?,39?,40-,41+,42-,43+,44?,45?,47?;/m0./s1. The third-order valence-electron chi connectivity index (χ3n) is 19.8. The summed E-state index contributed by atoms with van der Waals surface area (Å²) in [5.41, 5.74) is 2.28. The van der Waals surface area contributed by atoms with Gasteiger partial charge in [0.15, 0.2) is 12.8 Å². The Balaban J connectivity index is 0.00000372. The Labute approximate surface area is 336 Å². The highest BCUT2D eigenvalue weighted by atomic mass is 79.9. The number of ether oxygens (including phenoxy) is 2. The number of halogens is 1. The number of rotatable bonds is 5. The van der Waals surface area contributed by atoms with Gasteiger partial charge in [-0.25, -0.2) is 9.59 Å². The van der Waals surface area contributed by atoms with Crippen LogP contribution in [0.1, 0.15) is 103 Å². The monoisotopic (exact) mass is 820 g/mol. The second kappa shape index (κ2) is 12.0. The van der Waals surface area contributed by atoms with Gasteiger partial charge >= 0.3 is 11.9 Å². The van der Waals surface area contributed by atoms with Crippen molar-refractivity contribution in [1.82, 2.24) is 0 Å². The van der Waals surface area contributed by atoms with E-state index in [-0.39, 0.29) is 106 Å². The first-order chi connectivity index (χ1) is 25.8. The van der Waals surface area contributed by atoms with E-state index in [1.807, 2.05) is 0 Å². The van der Waals surface area contributed by atoms with E-state index < -0.39 is 17.9 Å². The van der Waals surface area contributed by atoms with E-state index in [1.165, 1.54) is 11.3 Å². The number of carbonyl (C=O) groups is 2. The van der Waals surface area contributed by atoms with E-state index in [9.17, 15) is 24.9 Å². The van der Waals surface area contributed by atoms with E-state index in [0.717, 1.165) is 82.6 Å². The lowest BCUT2D eigenvalue weighted by atomic mass is 9.43. The zero-order valence-corrected chi connectivity index (χ0v) is 34.6. The zero-order chi connectivity index (χ0) is 37.3. The Morgan fingerprint density at radius 2 is 1.82 bits per heavy atom. The molecule has 0 amide bonds. The van der Waals surface area contributed by atoms with Crippen LogP contribution in [-0.4, -0.2) is 94.1 Å². The highest BCUT2D eigenvalue weighted by molar-refractivity contribution is 5.85. The van der Waals surface area contributed by atoms with Crippen molar-refractivity contribution in [3.8, 4) is 0 Å². The normalized spacial score (nSPS) is 53.4. The van der Waals surface area contributed by atoms with Gasteiger partial charge in [0.25, 0.3) is 0 Å². The minimum Gasteiger partial charge on any atom is -1.00 e. The average molecular weight is 822 g/mol. The smallest absolute Gasteiger partial charge is 0.362 e. The molecule has 11 aliphatic rings. The Kier molecular flexibility index (Phi) is 8.17. The van der Waals surface area contributed by atoms with Gasteiger partial charge in [0.05, 0.1) is 29.2 Å². The minimum absolute atomic E-state index is 0. The number of anilines is 1. The van der Waals surface area contributed by atoms with Crippen molar-refractivity contribution in [1.29, 1.82) is 0 Å². The lowest BCUT2D eigenvalue weighted by Crippen LogP contribution is -3.00. The fourth-order valence-corrected chi connectivity index (χ4v) is 17.6. The Hall–Kier alpha value is -1.98. The number of hydrogen-bond acceptors (Lipinski definition) is 8. The van der Waals surface area contributed by atoms with Crippen molar-refractivity contribution >= 4 is 17.6 Å². The molecule has 12 rings (SSSR count). The van der Waals surface area contributed by atoms with Crippen molar-refractivity contribution in [3.63, 3.8) is 0 Å². The number of fused-ring (bicyclic) bond motifs is 7. The molecule has 3 N–H and O–H groups in total. The highest BCUT2D eigenvalue weighted by Crippen LogP contribution is 2.73. The molecule has 5 bridgehead atoms. The molecule has 4 saturated heterocycles. The van der Waals surface area contributed by atoms with Crippen molar-refractivity contribution in [2.24, 2.45) is 52.3 Å². The lowest BCUT2D eigenvalue weighted by molar-refractivity contribution is -1.03. The third-order valence-corrected chi connectivity index (χ3v) is 19.8. The van der Waals surface area contributed by atoms with Gasteiger partial charge in [0.1, 0.15) is 18.8 Å². The van der Waals surface area contributed by atoms with Crippen LogP contribution in [0.5, 0.6) is 0 Å². The van der Waals surface area contributed by atoms with Crippen molar-refractivity contribution in [2.75, 3.05) is 25.1 Å². The summed E-state index contributed by atoms with van der Waals surface area (Å²) in [6.45, 7) is 7.48. The van der Waals surface area contributed by atoms with Crippen LogP contribution in [0.3, 0.4) is 0 Å². The quantitative estimate of drug-likeness (QED) is 0.307. The van der Waals surface area contributed by atoms with Crippen molar-refractivity contribution in [2.45, 2.75) is 145 Å². The molecule has 9 fully saturated rings. The summed E-state index contributed by atoms with van der Waals surface area (Å²) in [5, 5.41) is 37.5. The maximum atomic E-state index is 14.5. The van der Waals surface area contributed by atoms with Gasteiger partial charge in [-0.3, -0.25) is 4.48 Å². The Morgan fingerprint density at radius 3 is 2.58 bits per heavy atom. The molecule has 0 radical (unpaired) electrons. The van der Waals surface area contributed by atoms with Crippen LogP contribution in [0.4, 0.5) is 5.69 Å². The Morgan fingerprint density at radius 1 is 1.02 bits per heavy atom. The number of aliphatic hydroxyl groups is 3. The van der Waals surface area contributed by atoms with Gasteiger partial charge in [0, 0.05) is 48.9 Å². The van der Waals surface area contributed by atoms with Crippen molar-refractivity contribution in [3.05, 3.63) is 41.5 Å². The van der Waals surface area contributed by atoms with Crippen LogP contribution >= 0.6 is 0 Å². The molecule has 10 heteroatoms. The number of aliphatic hydroxyl groups excluding tert-OH is 2. The van der Waals surface area contributed by atoms with E-state index in [0.29, 0.717) is 22.9 Å². The number of carbonyl (C=O) groups excluding carboxylic acids is 2. The number of quaternary nitrogens is 1. The molecule has 300 valence electrons. The summed E-state index contributed by atoms with van der Waals surface area (Å²) < 4.78 is 12.3. The van der Waals surface area contributed by atoms with E-state index in [1.54, 1.807) is 6.08 Å². The molecule has 5 aliphatic carbocycles. The summed E-state index contributed by atoms with van der Waals surface area (Å²) in [4.78, 5) is 28.8. The topological polar surface area (TPSA) is 117 Å². The van der Waals surface area contributed by atoms with Gasteiger partial charge in [0.2, 0.25) is 0 Å². The fraction of sp³-hybridized carbons (Fsp3) is 0.778. The molecule has 1 aromatic carbocycles. The number of esters is 2. The summed E-state index contributed by atoms with van der Waals surface area (Å²) in [5.74, 6) is 1.32. The van der Waals surface area contributed by atoms with Crippen LogP contribution in [0.25, 0.3) is 0 Å². The van der Waals surface area contributed by atoms with E-state index in [4.69, 9.17) is 9.47 Å². The molecule has 12 unspecified atom stereocenters. The number of para-hydroxylation sites is 1. The molecular weight excluding hydrogens is 760 g/mol. The molecule has 1 spiro atoms. The third kappa shape index (κ3) is 4.30.